The molecule has 1 N–H and O–H groups in total. The van der Waals surface area contributed by atoms with Gasteiger partial charge in [-0.3, -0.25) is 0 Å². The number of nitrogens with zero attached hydrogens (tertiary/aromatic N) is 1. The quantitative estimate of drug-likeness (QED) is 0.731. The van der Waals surface area contributed by atoms with Crippen LogP contribution in [0.3, 0.4) is 0 Å². The Kier molecular flexibility index (Phi) is 6.65. The van der Waals surface area contributed by atoms with E-state index in [9.17, 15) is 0 Å². The molecule has 0 aromatic carbocycles. The van der Waals surface area contributed by atoms with E-state index in [2.05, 4.69) is 44.8 Å². The summed E-state index contributed by atoms with van der Waals surface area (Å²) in [4.78, 5) is 2.65. The van der Waals surface area contributed by atoms with Crippen LogP contribution in [-0.4, -0.2) is 37.6 Å². The zero-order valence-corrected chi connectivity index (χ0v) is 13.3. The lowest BCUT2D eigenvalue weighted by molar-refractivity contribution is 0.111. The van der Waals surface area contributed by atoms with Crippen LogP contribution in [0.15, 0.2) is 0 Å². The topological polar surface area (TPSA) is 15.3 Å². The van der Waals surface area contributed by atoms with E-state index < -0.39 is 0 Å². The highest BCUT2D eigenvalue weighted by Crippen LogP contribution is 2.34. The van der Waals surface area contributed by atoms with E-state index in [0.29, 0.717) is 5.41 Å². The third kappa shape index (κ3) is 6.19. The van der Waals surface area contributed by atoms with Crippen LogP contribution < -0.4 is 5.32 Å². The van der Waals surface area contributed by atoms with Gasteiger partial charge in [-0.1, -0.05) is 34.6 Å². The van der Waals surface area contributed by atoms with Gasteiger partial charge in [0.05, 0.1) is 0 Å². The van der Waals surface area contributed by atoms with Crippen molar-refractivity contribution in [2.45, 2.75) is 53.9 Å². The molecule has 1 aliphatic rings. The van der Waals surface area contributed by atoms with E-state index in [4.69, 9.17) is 0 Å². The Balaban J connectivity index is 2.06. The number of rotatable bonds is 6. The third-order valence-electron chi connectivity index (χ3n) is 4.19. The van der Waals surface area contributed by atoms with E-state index in [1.54, 1.807) is 0 Å². The first-order valence-corrected chi connectivity index (χ1v) is 7.82. The first kappa shape index (κ1) is 16.0. The summed E-state index contributed by atoms with van der Waals surface area (Å²) in [5, 5.41) is 3.53. The molecule has 0 aromatic heterocycles. The molecule has 0 amide bonds. The van der Waals surface area contributed by atoms with Gasteiger partial charge in [0.1, 0.15) is 0 Å². The highest BCUT2D eigenvalue weighted by Gasteiger charge is 2.28. The summed E-state index contributed by atoms with van der Waals surface area (Å²) >= 11 is 0. The Morgan fingerprint density at radius 1 is 1.17 bits per heavy atom. The van der Waals surface area contributed by atoms with Crippen LogP contribution in [0.25, 0.3) is 0 Å². The fourth-order valence-corrected chi connectivity index (χ4v) is 2.84. The lowest BCUT2D eigenvalue weighted by atomic mass is 9.75. The molecular weight excluding hydrogens is 220 g/mol. The fraction of sp³-hybridized carbons (Fsp3) is 1.00. The first-order chi connectivity index (χ1) is 8.39. The van der Waals surface area contributed by atoms with Crippen molar-refractivity contribution in [2.24, 2.45) is 17.3 Å². The standard InChI is InChI=1S/C16H34N2/c1-14(2)13-17-9-6-10-18-11-7-15(8-12-18)16(3,4)5/h14-15,17H,6-13H2,1-5H3. The van der Waals surface area contributed by atoms with Crippen LogP contribution in [0.2, 0.25) is 0 Å². The smallest absolute Gasteiger partial charge is 0.000664 e. The van der Waals surface area contributed by atoms with E-state index in [-0.39, 0.29) is 0 Å². The van der Waals surface area contributed by atoms with Gasteiger partial charge in [0.15, 0.2) is 0 Å². The molecule has 0 radical (unpaired) electrons. The number of hydrogen-bond donors (Lipinski definition) is 1. The Morgan fingerprint density at radius 3 is 2.28 bits per heavy atom. The molecule has 1 saturated heterocycles. The number of piperidine rings is 1. The monoisotopic (exact) mass is 254 g/mol. The van der Waals surface area contributed by atoms with Crippen molar-refractivity contribution >= 4 is 0 Å². The summed E-state index contributed by atoms with van der Waals surface area (Å²) < 4.78 is 0. The van der Waals surface area contributed by atoms with Gasteiger partial charge in [-0.05, 0) is 69.2 Å². The zero-order chi connectivity index (χ0) is 13.6. The Bertz CT molecular complexity index is 210. The zero-order valence-electron chi connectivity index (χ0n) is 13.3. The van der Waals surface area contributed by atoms with Crippen LogP contribution in [0, 0.1) is 17.3 Å². The molecule has 0 atom stereocenters. The summed E-state index contributed by atoms with van der Waals surface area (Å²) in [7, 11) is 0. The van der Waals surface area contributed by atoms with Crippen molar-refractivity contribution in [2.75, 3.05) is 32.7 Å². The maximum atomic E-state index is 3.53. The predicted molar refractivity (Wildman–Crippen MR) is 80.9 cm³/mol. The van der Waals surface area contributed by atoms with Gasteiger partial charge in [0, 0.05) is 0 Å². The van der Waals surface area contributed by atoms with Gasteiger partial charge >= 0.3 is 0 Å². The molecule has 0 unspecified atom stereocenters. The number of nitrogens with one attached hydrogen (secondary N) is 1. The lowest BCUT2D eigenvalue weighted by Gasteiger charge is -2.38. The molecule has 0 saturated carbocycles. The second-order valence-corrected chi connectivity index (χ2v) is 7.43. The lowest BCUT2D eigenvalue weighted by Crippen LogP contribution is -2.39. The van der Waals surface area contributed by atoms with Crippen molar-refractivity contribution in [1.29, 1.82) is 0 Å². The van der Waals surface area contributed by atoms with Gasteiger partial charge in [0.2, 0.25) is 0 Å². The minimum Gasteiger partial charge on any atom is -0.316 e. The maximum Gasteiger partial charge on any atom is -0.000664 e. The summed E-state index contributed by atoms with van der Waals surface area (Å²) in [6.45, 7) is 18.0. The molecule has 0 spiro atoms. The Labute approximate surface area is 115 Å². The van der Waals surface area contributed by atoms with Gasteiger partial charge in [-0.25, -0.2) is 0 Å². The van der Waals surface area contributed by atoms with Crippen LogP contribution in [-0.2, 0) is 0 Å². The molecule has 1 rings (SSSR count). The first-order valence-electron chi connectivity index (χ1n) is 7.82. The molecule has 18 heavy (non-hydrogen) atoms. The second-order valence-electron chi connectivity index (χ2n) is 7.43. The molecule has 108 valence electrons. The minimum atomic E-state index is 0.505. The van der Waals surface area contributed by atoms with E-state index in [1.807, 2.05) is 0 Å². The van der Waals surface area contributed by atoms with Crippen molar-refractivity contribution in [3.63, 3.8) is 0 Å². The highest BCUT2D eigenvalue weighted by atomic mass is 15.1. The van der Waals surface area contributed by atoms with Crippen molar-refractivity contribution in [1.82, 2.24) is 10.2 Å². The third-order valence-corrected chi connectivity index (χ3v) is 4.19. The van der Waals surface area contributed by atoms with Gasteiger partial charge < -0.3 is 10.2 Å². The van der Waals surface area contributed by atoms with Crippen molar-refractivity contribution in [3.8, 4) is 0 Å². The van der Waals surface area contributed by atoms with Gasteiger partial charge in [-0.15, -0.1) is 0 Å². The summed E-state index contributed by atoms with van der Waals surface area (Å²) in [6, 6.07) is 0. The average molecular weight is 254 g/mol. The van der Waals surface area contributed by atoms with Crippen LogP contribution in [0.1, 0.15) is 53.9 Å². The minimum absolute atomic E-state index is 0.505. The van der Waals surface area contributed by atoms with E-state index in [0.717, 1.165) is 18.4 Å². The number of likely N-dealkylation sites (tertiary alicyclic amines) is 1. The SMILES string of the molecule is CC(C)CNCCCN1CCC(C(C)(C)C)CC1. The predicted octanol–water partition coefficient (Wildman–Crippen LogP) is 3.38. The summed E-state index contributed by atoms with van der Waals surface area (Å²) in [5.74, 6) is 1.69. The normalized spacial score (nSPS) is 19.7. The molecular formula is C16H34N2. The highest BCUT2D eigenvalue weighted by molar-refractivity contribution is 4.80. The Hall–Kier alpha value is -0.0800. The molecule has 1 fully saturated rings. The Morgan fingerprint density at radius 2 is 1.78 bits per heavy atom. The number of hydrogen-bond acceptors (Lipinski definition) is 2. The molecule has 1 heterocycles. The molecule has 2 nitrogen and oxygen atoms in total. The van der Waals surface area contributed by atoms with Crippen LogP contribution >= 0.6 is 0 Å². The molecule has 0 bridgehead atoms. The molecule has 1 aliphatic heterocycles. The molecule has 0 aliphatic carbocycles. The van der Waals surface area contributed by atoms with E-state index >= 15 is 0 Å². The van der Waals surface area contributed by atoms with Gasteiger partial charge in [-0.2, -0.15) is 0 Å². The van der Waals surface area contributed by atoms with Gasteiger partial charge in [0.25, 0.3) is 0 Å². The largest absolute Gasteiger partial charge is 0.316 e. The van der Waals surface area contributed by atoms with Crippen molar-refractivity contribution in [3.05, 3.63) is 0 Å². The maximum absolute atomic E-state index is 3.53. The summed E-state index contributed by atoms with van der Waals surface area (Å²) in [6.07, 6.45) is 4.08. The molecule has 0 aromatic rings. The van der Waals surface area contributed by atoms with E-state index in [1.165, 1.54) is 45.4 Å². The molecule has 2 heteroatoms. The van der Waals surface area contributed by atoms with Crippen molar-refractivity contribution < 1.29 is 0 Å². The fourth-order valence-electron chi connectivity index (χ4n) is 2.84. The van der Waals surface area contributed by atoms with Crippen LogP contribution in [0.5, 0.6) is 0 Å². The average Bonchev–Trinajstić information content (AvgIpc) is 2.27. The second kappa shape index (κ2) is 7.49. The summed E-state index contributed by atoms with van der Waals surface area (Å²) in [5.41, 5.74) is 0.505. The van der Waals surface area contributed by atoms with Crippen LogP contribution in [0.4, 0.5) is 0 Å².